The fourth-order valence-electron chi connectivity index (χ4n) is 5.35. The molecule has 0 saturated carbocycles. The number of aromatic nitrogens is 3. The summed E-state index contributed by atoms with van der Waals surface area (Å²) in [6, 6.07) is 16.8. The van der Waals surface area contributed by atoms with Crippen LogP contribution in [0, 0.1) is 5.92 Å². The lowest BCUT2D eigenvalue weighted by Crippen LogP contribution is -2.39. The van der Waals surface area contributed by atoms with Crippen molar-refractivity contribution in [3.8, 4) is 22.8 Å². The molecule has 5 nitrogen and oxygen atoms in total. The van der Waals surface area contributed by atoms with Crippen molar-refractivity contribution in [3.05, 3.63) is 89.8 Å². The van der Waals surface area contributed by atoms with E-state index in [0.29, 0.717) is 30.0 Å². The van der Waals surface area contributed by atoms with Gasteiger partial charge in [-0.05, 0) is 46.8 Å². The summed E-state index contributed by atoms with van der Waals surface area (Å²) in [6.07, 6.45) is 11.7. The molecule has 0 bridgehead atoms. The number of aliphatic hydroxyl groups is 1. The predicted molar refractivity (Wildman–Crippen MR) is 173 cm³/mol. The van der Waals surface area contributed by atoms with Crippen molar-refractivity contribution in [1.29, 1.82) is 0 Å². The van der Waals surface area contributed by atoms with E-state index in [1.54, 1.807) is 6.08 Å². The first-order valence-electron chi connectivity index (χ1n) is 15.5. The zero-order valence-corrected chi connectivity index (χ0v) is 26.8. The van der Waals surface area contributed by atoms with Gasteiger partial charge in [-0.15, -0.1) is 0 Å². The number of rotatable bonds is 10. The van der Waals surface area contributed by atoms with E-state index in [1.807, 2.05) is 18.2 Å². The molecule has 1 heterocycles. The van der Waals surface area contributed by atoms with Gasteiger partial charge in [0.25, 0.3) is 0 Å². The largest absolute Gasteiger partial charge is 0.361 e. The molecule has 42 heavy (non-hydrogen) atoms. The SMILES string of the molecule is CCC(CC)CCCOC1(O)C=CC=CC1c1nc(-c2ccc(C(C)(C)C)cc2)nc(-c2ccc(C(C)(C)C)cc2)n1. The number of allylic oxidation sites excluding steroid dienone is 2. The molecule has 4 rings (SSSR count). The van der Waals surface area contributed by atoms with Gasteiger partial charge in [-0.25, -0.2) is 15.0 Å². The molecule has 0 aliphatic heterocycles. The zero-order valence-electron chi connectivity index (χ0n) is 26.8. The average Bonchev–Trinajstić information content (AvgIpc) is 2.96. The Morgan fingerprint density at radius 1 is 0.762 bits per heavy atom. The molecule has 1 aliphatic carbocycles. The summed E-state index contributed by atoms with van der Waals surface area (Å²) in [5.41, 5.74) is 4.40. The van der Waals surface area contributed by atoms with Crippen molar-refractivity contribution in [2.45, 2.75) is 104 Å². The molecule has 0 saturated heterocycles. The normalized spacial score (nSPS) is 19.0. The Morgan fingerprint density at radius 3 is 1.71 bits per heavy atom. The maximum absolute atomic E-state index is 11.8. The van der Waals surface area contributed by atoms with Crippen molar-refractivity contribution in [1.82, 2.24) is 15.0 Å². The molecule has 3 aromatic rings. The van der Waals surface area contributed by atoms with Gasteiger partial charge in [-0.1, -0.05) is 135 Å². The summed E-state index contributed by atoms with van der Waals surface area (Å²) >= 11 is 0. The molecular weight excluding hydrogens is 518 g/mol. The lowest BCUT2D eigenvalue weighted by molar-refractivity contribution is -0.177. The first kappa shape index (κ1) is 31.8. The molecule has 1 aliphatic rings. The highest BCUT2D eigenvalue weighted by atomic mass is 16.6. The van der Waals surface area contributed by atoms with Crippen molar-refractivity contribution in [3.63, 3.8) is 0 Å². The Morgan fingerprint density at radius 2 is 1.26 bits per heavy atom. The van der Waals surface area contributed by atoms with Gasteiger partial charge in [0.05, 0.1) is 12.5 Å². The van der Waals surface area contributed by atoms with E-state index in [4.69, 9.17) is 19.7 Å². The molecular formula is C37H49N3O2. The van der Waals surface area contributed by atoms with Crippen LogP contribution in [0.3, 0.4) is 0 Å². The minimum Gasteiger partial charge on any atom is -0.361 e. The minimum atomic E-state index is -1.54. The summed E-state index contributed by atoms with van der Waals surface area (Å²) in [5.74, 6) is 0.217. The number of benzene rings is 2. The highest BCUT2D eigenvalue weighted by molar-refractivity contribution is 5.62. The molecule has 1 aromatic heterocycles. The van der Waals surface area contributed by atoms with E-state index in [9.17, 15) is 5.11 Å². The Balaban J connectivity index is 1.73. The summed E-state index contributed by atoms with van der Waals surface area (Å²) in [4.78, 5) is 14.8. The van der Waals surface area contributed by atoms with E-state index in [-0.39, 0.29) is 10.8 Å². The fourth-order valence-corrected chi connectivity index (χ4v) is 5.35. The van der Waals surface area contributed by atoms with Crippen LogP contribution in [0.4, 0.5) is 0 Å². The molecule has 2 unspecified atom stereocenters. The van der Waals surface area contributed by atoms with E-state index in [1.165, 1.54) is 11.1 Å². The number of ether oxygens (including phenoxy) is 1. The molecule has 0 radical (unpaired) electrons. The van der Waals surface area contributed by atoms with Crippen LogP contribution in [-0.2, 0) is 15.6 Å². The highest BCUT2D eigenvalue weighted by Crippen LogP contribution is 2.36. The summed E-state index contributed by atoms with van der Waals surface area (Å²) in [7, 11) is 0. The Kier molecular flexibility index (Phi) is 9.84. The minimum absolute atomic E-state index is 0.0457. The van der Waals surface area contributed by atoms with Crippen LogP contribution in [0.15, 0.2) is 72.8 Å². The fraction of sp³-hybridized carbons (Fsp3) is 0.486. The van der Waals surface area contributed by atoms with Gasteiger partial charge in [-0.2, -0.15) is 0 Å². The number of hydrogen-bond acceptors (Lipinski definition) is 5. The van der Waals surface area contributed by atoms with Crippen molar-refractivity contribution in [2.75, 3.05) is 6.61 Å². The third-order valence-electron chi connectivity index (χ3n) is 8.39. The van der Waals surface area contributed by atoms with Crippen LogP contribution in [0.1, 0.15) is 104 Å². The first-order valence-corrected chi connectivity index (χ1v) is 15.5. The second kappa shape index (κ2) is 13.0. The van der Waals surface area contributed by atoms with Crippen LogP contribution in [0.5, 0.6) is 0 Å². The van der Waals surface area contributed by atoms with Crippen molar-refractivity contribution >= 4 is 0 Å². The van der Waals surface area contributed by atoms with Crippen LogP contribution < -0.4 is 0 Å². The summed E-state index contributed by atoms with van der Waals surface area (Å²) < 4.78 is 6.19. The quantitative estimate of drug-likeness (QED) is 0.196. The van der Waals surface area contributed by atoms with E-state index in [2.05, 4.69) is 104 Å². The molecule has 0 spiro atoms. The van der Waals surface area contributed by atoms with Gasteiger partial charge in [-0.3, -0.25) is 0 Å². The monoisotopic (exact) mass is 567 g/mol. The maximum atomic E-state index is 11.8. The molecule has 2 aromatic carbocycles. The van der Waals surface area contributed by atoms with Crippen molar-refractivity contribution < 1.29 is 9.84 Å². The molecule has 5 heteroatoms. The smallest absolute Gasteiger partial charge is 0.199 e. The molecule has 224 valence electrons. The van der Waals surface area contributed by atoms with Crippen LogP contribution in [-0.4, -0.2) is 32.5 Å². The van der Waals surface area contributed by atoms with Gasteiger partial charge < -0.3 is 9.84 Å². The van der Waals surface area contributed by atoms with E-state index >= 15 is 0 Å². The van der Waals surface area contributed by atoms with Gasteiger partial charge in [0.1, 0.15) is 5.82 Å². The maximum Gasteiger partial charge on any atom is 0.199 e. The van der Waals surface area contributed by atoms with Crippen LogP contribution in [0.25, 0.3) is 22.8 Å². The average molecular weight is 568 g/mol. The number of nitrogens with zero attached hydrogens (tertiary/aromatic N) is 3. The lowest BCUT2D eigenvalue weighted by Gasteiger charge is -2.33. The Bertz CT molecular complexity index is 1300. The Labute approximate surface area is 253 Å². The zero-order chi connectivity index (χ0) is 30.5. The van der Waals surface area contributed by atoms with E-state index < -0.39 is 11.7 Å². The van der Waals surface area contributed by atoms with Gasteiger partial charge >= 0.3 is 0 Å². The first-order chi connectivity index (χ1) is 19.8. The summed E-state index contributed by atoms with van der Waals surface area (Å²) in [6.45, 7) is 18.2. The molecule has 0 fully saturated rings. The van der Waals surface area contributed by atoms with E-state index in [0.717, 1.165) is 36.8 Å². The van der Waals surface area contributed by atoms with Crippen LogP contribution in [0.2, 0.25) is 0 Å². The van der Waals surface area contributed by atoms with Gasteiger partial charge in [0.2, 0.25) is 0 Å². The Hall–Kier alpha value is -3.15. The van der Waals surface area contributed by atoms with Crippen LogP contribution >= 0.6 is 0 Å². The second-order valence-corrected chi connectivity index (χ2v) is 13.6. The van der Waals surface area contributed by atoms with Gasteiger partial charge in [0, 0.05) is 11.1 Å². The molecule has 0 amide bonds. The number of hydrogen-bond donors (Lipinski definition) is 1. The third-order valence-corrected chi connectivity index (χ3v) is 8.39. The lowest BCUT2D eigenvalue weighted by atomic mass is 9.86. The standard InChI is InChI=1S/C37H49N3O2/c1-9-26(10-2)14-13-25-42-37(41)24-12-11-15-31(37)34-39-32(27-16-20-29(21-17-27)35(3,4)5)38-33(40-34)28-18-22-30(23-19-28)36(6,7)8/h11-12,15-24,26,31,41H,9-10,13-14,25H2,1-8H3. The molecule has 1 N–H and O–H groups in total. The predicted octanol–water partition coefficient (Wildman–Crippen LogP) is 8.93. The summed E-state index contributed by atoms with van der Waals surface area (Å²) in [5, 5.41) is 11.8. The third kappa shape index (κ3) is 7.62. The topological polar surface area (TPSA) is 68.1 Å². The molecule has 2 atom stereocenters. The van der Waals surface area contributed by atoms with Crippen molar-refractivity contribution in [2.24, 2.45) is 5.92 Å². The van der Waals surface area contributed by atoms with Gasteiger partial charge in [0.15, 0.2) is 17.4 Å². The highest BCUT2D eigenvalue weighted by Gasteiger charge is 2.39. The second-order valence-electron chi connectivity index (χ2n) is 13.6.